The van der Waals surface area contributed by atoms with Gasteiger partial charge in [0.25, 0.3) is 0 Å². The van der Waals surface area contributed by atoms with E-state index in [0.717, 1.165) is 51.6 Å². The normalized spacial score (nSPS) is 10.8. The van der Waals surface area contributed by atoms with Crippen LogP contribution < -0.4 is 10.2 Å². The Balaban J connectivity index is 1.55. The van der Waals surface area contributed by atoms with Crippen molar-refractivity contribution in [1.29, 1.82) is 0 Å². The van der Waals surface area contributed by atoms with Gasteiger partial charge < -0.3 is 14.8 Å². The van der Waals surface area contributed by atoms with Crippen molar-refractivity contribution in [2.75, 3.05) is 16.8 Å². The Labute approximate surface area is 213 Å². The Morgan fingerprint density at radius 2 is 1.92 bits per heavy atom. The molecule has 6 nitrogen and oxygen atoms in total. The fourth-order valence-electron chi connectivity index (χ4n) is 4.20. The van der Waals surface area contributed by atoms with Crippen LogP contribution in [0.15, 0.2) is 80.0 Å². The van der Waals surface area contributed by atoms with Crippen LogP contribution in [0.2, 0.25) is 0 Å². The number of carbonyl (C=O) groups is 1. The largest absolute Gasteiger partial charge is 0.378 e. The predicted molar refractivity (Wildman–Crippen MR) is 150 cm³/mol. The highest BCUT2D eigenvalue weighted by Crippen LogP contribution is 2.27. The summed E-state index contributed by atoms with van der Waals surface area (Å²) in [6.07, 6.45) is 5.50. The van der Waals surface area contributed by atoms with E-state index in [4.69, 9.17) is 4.98 Å². The Morgan fingerprint density at radius 3 is 2.61 bits per heavy atom. The van der Waals surface area contributed by atoms with Crippen molar-refractivity contribution >= 4 is 40.1 Å². The number of benzene rings is 2. The lowest BCUT2D eigenvalue weighted by Crippen LogP contribution is -2.25. The molecule has 4 aromatic rings. The highest BCUT2D eigenvalue weighted by Gasteiger charge is 2.17. The van der Waals surface area contributed by atoms with Crippen molar-refractivity contribution in [3.05, 3.63) is 97.0 Å². The summed E-state index contributed by atoms with van der Waals surface area (Å²) in [5, 5.41) is 3.45. The number of hydrogen-bond acceptors (Lipinski definition) is 5. The lowest BCUT2D eigenvalue weighted by Gasteiger charge is -2.26. The topological polar surface area (TPSA) is 63.1 Å². The highest BCUT2D eigenvalue weighted by atomic mass is 16.1. The van der Waals surface area contributed by atoms with Crippen molar-refractivity contribution in [2.24, 2.45) is 7.05 Å². The molecule has 0 radical (unpaired) electrons. The Hall–Kier alpha value is -4.19. The van der Waals surface area contributed by atoms with Crippen LogP contribution in [-0.2, 0) is 18.4 Å². The SMILES string of the molecule is C=Cc1ccc(NCc2nc3cc(C(=C)N(CCC(=O)CCC)c4ccccn4)ccc3n2C)cc1. The van der Waals surface area contributed by atoms with Crippen molar-refractivity contribution in [2.45, 2.75) is 32.7 Å². The molecule has 0 amide bonds. The van der Waals surface area contributed by atoms with Crippen LogP contribution in [0.25, 0.3) is 22.8 Å². The van der Waals surface area contributed by atoms with Gasteiger partial charge in [0.1, 0.15) is 17.4 Å². The smallest absolute Gasteiger partial charge is 0.134 e. The number of hydrogen-bond donors (Lipinski definition) is 1. The predicted octanol–water partition coefficient (Wildman–Crippen LogP) is 6.46. The minimum atomic E-state index is 0.252. The third kappa shape index (κ3) is 5.71. The summed E-state index contributed by atoms with van der Waals surface area (Å²) < 4.78 is 2.10. The van der Waals surface area contributed by atoms with E-state index >= 15 is 0 Å². The summed E-state index contributed by atoms with van der Waals surface area (Å²) in [5.41, 5.74) is 5.82. The van der Waals surface area contributed by atoms with Crippen LogP contribution in [0.5, 0.6) is 0 Å². The Kier molecular flexibility index (Phi) is 7.95. The van der Waals surface area contributed by atoms with E-state index < -0.39 is 0 Å². The zero-order chi connectivity index (χ0) is 25.5. The maximum Gasteiger partial charge on any atom is 0.134 e. The summed E-state index contributed by atoms with van der Waals surface area (Å²) in [5.74, 6) is 1.97. The molecule has 0 fully saturated rings. The molecule has 0 bridgehead atoms. The van der Waals surface area contributed by atoms with Gasteiger partial charge in [0.15, 0.2) is 0 Å². The second kappa shape index (κ2) is 11.5. The standard InChI is InChI=1S/C30H33N5O/c1-5-9-26(36)17-19-35(29-10-7-8-18-31-29)22(3)24-13-16-28-27(20-24)33-30(34(28)4)21-32-25-14-11-23(6-2)12-15-25/h6-8,10-16,18,20,32H,2-3,5,9,17,19,21H2,1,4H3. The van der Waals surface area contributed by atoms with Gasteiger partial charge in [-0.15, -0.1) is 0 Å². The van der Waals surface area contributed by atoms with E-state index in [0.29, 0.717) is 25.9 Å². The summed E-state index contributed by atoms with van der Waals surface area (Å²) in [6, 6.07) is 20.1. The molecule has 1 N–H and O–H groups in total. The van der Waals surface area contributed by atoms with E-state index in [1.807, 2.05) is 67.4 Å². The molecule has 2 heterocycles. The van der Waals surface area contributed by atoms with Crippen molar-refractivity contribution in [3.8, 4) is 0 Å². The van der Waals surface area contributed by atoms with E-state index in [1.54, 1.807) is 6.20 Å². The Morgan fingerprint density at radius 1 is 1.11 bits per heavy atom. The number of imidazole rings is 1. The molecule has 184 valence electrons. The van der Waals surface area contributed by atoms with Crippen LogP contribution >= 0.6 is 0 Å². The average Bonchev–Trinajstić information content (AvgIpc) is 3.23. The molecule has 4 rings (SSSR count). The van der Waals surface area contributed by atoms with Crippen LogP contribution in [0.3, 0.4) is 0 Å². The van der Waals surface area contributed by atoms with E-state index in [-0.39, 0.29) is 5.78 Å². The molecule has 0 aliphatic rings. The second-order valence-electron chi connectivity index (χ2n) is 8.80. The lowest BCUT2D eigenvalue weighted by atomic mass is 10.1. The number of pyridine rings is 1. The van der Waals surface area contributed by atoms with Crippen LogP contribution in [-0.4, -0.2) is 26.9 Å². The molecule has 0 unspecified atom stereocenters. The van der Waals surface area contributed by atoms with Gasteiger partial charge in [0, 0.05) is 44.0 Å². The summed E-state index contributed by atoms with van der Waals surface area (Å²) >= 11 is 0. The molecule has 0 spiro atoms. The third-order valence-electron chi connectivity index (χ3n) is 6.30. The van der Waals surface area contributed by atoms with Crippen molar-refractivity contribution in [1.82, 2.24) is 14.5 Å². The number of aryl methyl sites for hydroxylation is 1. The van der Waals surface area contributed by atoms with E-state index in [2.05, 4.69) is 46.2 Å². The zero-order valence-corrected chi connectivity index (χ0v) is 21.1. The first-order valence-corrected chi connectivity index (χ1v) is 12.3. The number of anilines is 2. The minimum Gasteiger partial charge on any atom is -0.378 e. The quantitative estimate of drug-likeness (QED) is 0.253. The highest BCUT2D eigenvalue weighted by molar-refractivity contribution is 5.86. The van der Waals surface area contributed by atoms with Gasteiger partial charge in [-0.05, 0) is 53.9 Å². The number of carbonyl (C=O) groups excluding carboxylic acids is 1. The number of ketones is 1. The number of rotatable bonds is 12. The minimum absolute atomic E-state index is 0.252. The number of nitrogens with zero attached hydrogens (tertiary/aromatic N) is 4. The van der Waals surface area contributed by atoms with Crippen LogP contribution in [0.4, 0.5) is 11.5 Å². The second-order valence-corrected chi connectivity index (χ2v) is 8.80. The van der Waals surface area contributed by atoms with E-state index in [1.165, 1.54) is 0 Å². The third-order valence-corrected chi connectivity index (χ3v) is 6.30. The van der Waals surface area contributed by atoms with Crippen molar-refractivity contribution in [3.63, 3.8) is 0 Å². The Bertz CT molecular complexity index is 1360. The number of Topliss-reactive ketones (excluding diaryl/α,β-unsaturated/α-hetero) is 1. The first kappa shape index (κ1) is 24.9. The fourth-order valence-corrected chi connectivity index (χ4v) is 4.20. The van der Waals surface area contributed by atoms with Gasteiger partial charge in [-0.1, -0.05) is 50.4 Å². The maximum atomic E-state index is 12.2. The summed E-state index contributed by atoms with van der Waals surface area (Å²) in [4.78, 5) is 23.7. The molecule has 0 saturated heterocycles. The molecule has 2 aromatic carbocycles. The van der Waals surface area contributed by atoms with E-state index in [9.17, 15) is 4.79 Å². The number of aromatic nitrogens is 3. The summed E-state index contributed by atoms with van der Waals surface area (Å²) in [7, 11) is 2.03. The molecule has 0 atom stereocenters. The molecular formula is C30H33N5O. The first-order valence-electron chi connectivity index (χ1n) is 12.3. The van der Waals surface area contributed by atoms with Gasteiger partial charge in [0.05, 0.1) is 17.6 Å². The van der Waals surface area contributed by atoms with Crippen LogP contribution in [0, 0.1) is 0 Å². The molecule has 0 aliphatic carbocycles. The monoisotopic (exact) mass is 479 g/mol. The van der Waals surface area contributed by atoms with Gasteiger partial charge >= 0.3 is 0 Å². The fraction of sp³-hybridized carbons (Fsp3) is 0.233. The van der Waals surface area contributed by atoms with Crippen molar-refractivity contribution < 1.29 is 4.79 Å². The van der Waals surface area contributed by atoms with Gasteiger partial charge in [-0.25, -0.2) is 9.97 Å². The molecule has 36 heavy (non-hydrogen) atoms. The van der Waals surface area contributed by atoms with Gasteiger partial charge in [0.2, 0.25) is 0 Å². The van der Waals surface area contributed by atoms with Gasteiger partial charge in [-0.3, -0.25) is 4.79 Å². The number of fused-ring (bicyclic) bond motifs is 1. The number of nitrogens with one attached hydrogen (secondary N) is 1. The van der Waals surface area contributed by atoms with Crippen LogP contribution in [0.1, 0.15) is 43.1 Å². The molecule has 6 heteroatoms. The lowest BCUT2D eigenvalue weighted by molar-refractivity contribution is -0.118. The maximum absolute atomic E-state index is 12.2. The van der Waals surface area contributed by atoms with Gasteiger partial charge in [-0.2, -0.15) is 0 Å². The molecule has 2 aromatic heterocycles. The molecule has 0 aliphatic heterocycles. The first-order chi connectivity index (χ1) is 17.5. The molecule has 0 saturated carbocycles. The zero-order valence-electron chi connectivity index (χ0n) is 21.1. The average molecular weight is 480 g/mol. The molecular weight excluding hydrogens is 446 g/mol. The summed E-state index contributed by atoms with van der Waals surface area (Å²) in [6.45, 7) is 11.3.